The van der Waals surface area contributed by atoms with Crippen molar-refractivity contribution in [3.05, 3.63) is 266 Å². The number of rotatable bonds is 5. The van der Waals surface area contributed by atoms with Gasteiger partial charge < -0.3 is 22.7 Å². The number of nitriles is 2. The van der Waals surface area contributed by atoms with Crippen LogP contribution in [0.5, 0.6) is 0 Å². The zero-order valence-corrected chi connectivity index (χ0v) is 44.3. The molecule has 0 saturated heterocycles. The molecular formula is C76H42N6O. The number of furan rings is 1. The van der Waals surface area contributed by atoms with Crippen molar-refractivity contribution in [1.29, 1.82) is 10.5 Å². The van der Waals surface area contributed by atoms with E-state index in [9.17, 15) is 10.5 Å². The maximum atomic E-state index is 13.0. The Kier molecular flexibility index (Phi) is 9.23. The second-order valence-electron chi connectivity index (χ2n) is 21.7. The SMILES string of the molecule is N#Cc1c(-n2c3ccccc3c3ccccc32)c(-n2c3ccccc3c3ccccc32)c(C#N)c(-n2c3ccc(-c4cc5ccccc5c5ccccc45)cc3c3ccc4c5ccccc5oc4c32)c1-n1c2ccccc2c2ccccc21. The lowest BCUT2D eigenvalue weighted by atomic mass is 9.92. The van der Waals surface area contributed by atoms with Gasteiger partial charge in [-0.25, -0.2) is 0 Å². The molecule has 0 radical (unpaired) electrons. The van der Waals surface area contributed by atoms with E-state index in [1.54, 1.807) is 0 Å². The Labute approximate surface area is 473 Å². The van der Waals surface area contributed by atoms with Crippen molar-refractivity contribution in [2.24, 2.45) is 0 Å². The smallest absolute Gasteiger partial charge is 0.160 e. The lowest BCUT2D eigenvalue weighted by Crippen LogP contribution is -2.16. The van der Waals surface area contributed by atoms with Crippen LogP contribution in [0.4, 0.5) is 0 Å². The third-order valence-electron chi connectivity index (χ3n) is 17.6. The maximum Gasteiger partial charge on any atom is 0.160 e. The summed E-state index contributed by atoms with van der Waals surface area (Å²) in [6.07, 6.45) is 0. The lowest BCUT2D eigenvalue weighted by Gasteiger charge is -2.27. The zero-order valence-electron chi connectivity index (χ0n) is 44.3. The number of hydrogen-bond donors (Lipinski definition) is 0. The van der Waals surface area contributed by atoms with E-state index in [1.807, 2.05) is 12.1 Å². The summed E-state index contributed by atoms with van der Waals surface area (Å²) in [6, 6.07) is 95.4. The average Bonchev–Trinajstić information content (AvgIpc) is 2.94. The van der Waals surface area contributed by atoms with Crippen LogP contribution in [-0.2, 0) is 0 Å². The minimum atomic E-state index is 0.376. The Morgan fingerprint density at radius 1 is 0.277 bits per heavy atom. The molecule has 382 valence electrons. The highest BCUT2D eigenvalue weighted by molar-refractivity contribution is 6.24. The van der Waals surface area contributed by atoms with Crippen LogP contribution in [0.2, 0.25) is 0 Å². The van der Waals surface area contributed by atoms with Crippen LogP contribution in [-0.4, -0.2) is 18.3 Å². The van der Waals surface area contributed by atoms with Crippen molar-refractivity contribution in [2.45, 2.75) is 0 Å². The number of benzene rings is 13. The molecule has 0 unspecified atom stereocenters. The van der Waals surface area contributed by atoms with E-state index < -0.39 is 0 Å². The van der Waals surface area contributed by atoms with Crippen molar-refractivity contribution >= 4 is 131 Å². The molecular weight excluding hydrogens is 1010 g/mol. The molecule has 0 aliphatic carbocycles. The number of hydrogen-bond acceptors (Lipinski definition) is 3. The molecule has 0 atom stereocenters. The molecule has 18 aromatic rings. The molecule has 0 aliphatic heterocycles. The minimum absolute atomic E-state index is 0.376. The molecule has 0 fully saturated rings. The molecule has 0 amide bonds. The summed E-state index contributed by atoms with van der Waals surface area (Å²) in [5.74, 6) is 0. The second kappa shape index (κ2) is 16.9. The van der Waals surface area contributed by atoms with E-state index >= 15 is 0 Å². The maximum absolute atomic E-state index is 13.0. The van der Waals surface area contributed by atoms with Crippen molar-refractivity contribution in [3.8, 4) is 46.0 Å². The van der Waals surface area contributed by atoms with Gasteiger partial charge in [0.25, 0.3) is 0 Å². The van der Waals surface area contributed by atoms with Crippen LogP contribution >= 0.6 is 0 Å². The molecule has 0 N–H and O–H groups in total. The molecule has 18 rings (SSSR count). The Balaban J connectivity index is 1.12. The first-order chi connectivity index (χ1) is 41.2. The normalized spacial score (nSPS) is 12.1. The molecule has 5 heterocycles. The van der Waals surface area contributed by atoms with E-state index in [4.69, 9.17) is 4.42 Å². The van der Waals surface area contributed by atoms with E-state index in [-0.39, 0.29) is 0 Å². The summed E-state index contributed by atoms with van der Waals surface area (Å²) in [6.45, 7) is 0. The molecule has 5 aromatic heterocycles. The standard InChI is InChI=1S/C76H42N6O/c77-43-61-71(79-63-30-12-5-23-50(63)51-24-6-13-31-64(51)79)72(80-65-32-14-7-25-52(65)53-26-8-15-33-66(53)80)62(44-78)74(73(61)81-67-34-16-9-27-54(67)55-28-10-17-35-68(55)81)82-69-40-37-46(59-41-45-19-1-2-20-47(45)48-21-3-4-22-49(48)59)42-60(69)57-38-39-58-56-29-11-18-36-70(56)83-76(58)75(57)82/h1-42H. The van der Waals surface area contributed by atoms with Gasteiger partial charge in [0, 0.05) is 53.9 Å². The molecule has 0 spiro atoms. The van der Waals surface area contributed by atoms with Gasteiger partial charge in [0.05, 0.1) is 66.9 Å². The summed E-state index contributed by atoms with van der Waals surface area (Å²) in [5, 5.41) is 40.5. The zero-order chi connectivity index (χ0) is 54.6. The van der Waals surface area contributed by atoms with Gasteiger partial charge in [0.1, 0.15) is 28.8 Å². The Bertz CT molecular complexity index is 5820. The van der Waals surface area contributed by atoms with Gasteiger partial charge in [-0.15, -0.1) is 0 Å². The van der Waals surface area contributed by atoms with Gasteiger partial charge in [-0.3, -0.25) is 0 Å². The van der Waals surface area contributed by atoms with Crippen molar-refractivity contribution in [2.75, 3.05) is 0 Å². The van der Waals surface area contributed by atoms with E-state index in [1.165, 1.54) is 10.8 Å². The molecule has 7 heteroatoms. The molecule has 13 aromatic carbocycles. The van der Waals surface area contributed by atoms with Crippen LogP contribution in [0.15, 0.2) is 259 Å². The summed E-state index contributed by atoms with van der Waals surface area (Å²) in [5.41, 5.74) is 13.7. The lowest BCUT2D eigenvalue weighted by molar-refractivity contribution is 0.671. The Morgan fingerprint density at radius 2 is 0.651 bits per heavy atom. The fraction of sp³-hybridized carbons (Fsp3) is 0. The average molecular weight is 1060 g/mol. The second-order valence-corrected chi connectivity index (χ2v) is 21.7. The van der Waals surface area contributed by atoms with Gasteiger partial charge in [-0.05, 0) is 99.4 Å². The molecule has 7 nitrogen and oxygen atoms in total. The van der Waals surface area contributed by atoms with Crippen LogP contribution in [0.3, 0.4) is 0 Å². The van der Waals surface area contributed by atoms with Crippen LogP contribution < -0.4 is 0 Å². The van der Waals surface area contributed by atoms with Crippen LogP contribution in [0.1, 0.15) is 11.1 Å². The van der Waals surface area contributed by atoms with Crippen molar-refractivity contribution < 1.29 is 4.42 Å². The fourth-order valence-electron chi connectivity index (χ4n) is 14.2. The van der Waals surface area contributed by atoms with Gasteiger partial charge >= 0.3 is 0 Å². The van der Waals surface area contributed by atoms with Crippen molar-refractivity contribution in [1.82, 2.24) is 18.3 Å². The monoisotopic (exact) mass is 1050 g/mol. The Morgan fingerprint density at radius 3 is 1.13 bits per heavy atom. The summed E-state index contributed by atoms with van der Waals surface area (Å²) in [7, 11) is 0. The highest BCUT2D eigenvalue weighted by Crippen LogP contribution is 2.51. The summed E-state index contributed by atoms with van der Waals surface area (Å²) >= 11 is 0. The molecule has 0 bridgehead atoms. The van der Waals surface area contributed by atoms with Gasteiger partial charge in [0.2, 0.25) is 0 Å². The van der Waals surface area contributed by atoms with Crippen LogP contribution in [0, 0.1) is 22.7 Å². The number of nitrogens with zero attached hydrogens (tertiary/aromatic N) is 6. The number of para-hydroxylation sites is 7. The van der Waals surface area contributed by atoms with Gasteiger partial charge in [0.15, 0.2) is 5.58 Å². The largest absolute Gasteiger partial charge is 0.454 e. The highest BCUT2D eigenvalue weighted by Gasteiger charge is 2.35. The summed E-state index contributed by atoms with van der Waals surface area (Å²) in [4.78, 5) is 0. The number of fused-ring (bicyclic) bond motifs is 19. The van der Waals surface area contributed by atoms with Crippen molar-refractivity contribution in [3.63, 3.8) is 0 Å². The van der Waals surface area contributed by atoms with E-state index in [0.717, 1.165) is 125 Å². The molecule has 83 heavy (non-hydrogen) atoms. The fourth-order valence-corrected chi connectivity index (χ4v) is 14.2. The first-order valence-corrected chi connectivity index (χ1v) is 28.0. The minimum Gasteiger partial charge on any atom is -0.454 e. The summed E-state index contributed by atoms with van der Waals surface area (Å²) < 4.78 is 16.2. The third kappa shape index (κ3) is 6.04. The number of aromatic nitrogens is 4. The quantitative estimate of drug-likeness (QED) is 0.161. The first kappa shape index (κ1) is 45.2. The van der Waals surface area contributed by atoms with Gasteiger partial charge in [-0.2, -0.15) is 10.5 Å². The van der Waals surface area contributed by atoms with E-state index in [0.29, 0.717) is 39.5 Å². The predicted molar refractivity (Wildman–Crippen MR) is 341 cm³/mol. The first-order valence-electron chi connectivity index (χ1n) is 28.0. The third-order valence-corrected chi connectivity index (χ3v) is 17.6. The van der Waals surface area contributed by atoms with Crippen LogP contribution in [0.25, 0.3) is 165 Å². The Hall–Kier alpha value is -11.6. The van der Waals surface area contributed by atoms with E-state index in [2.05, 4.69) is 273 Å². The van der Waals surface area contributed by atoms with Gasteiger partial charge in [-0.1, -0.05) is 188 Å². The highest BCUT2D eigenvalue weighted by atomic mass is 16.3. The molecule has 0 saturated carbocycles. The molecule has 0 aliphatic rings. The topological polar surface area (TPSA) is 80.4 Å². The predicted octanol–water partition coefficient (Wildman–Crippen LogP) is 19.7.